The number of hydrogen-bond acceptors (Lipinski definition) is 6. The summed E-state index contributed by atoms with van der Waals surface area (Å²) in [6.07, 6.45) is 8.70. The van der Waals surface area contributed by atoms with Crippen molar-refractivity contribution in [1.29, 1.82) is 0 Å². The highest BCUT2D eigenvalue weighted by Gasteiger charge is 2.22. The maximum absolute atomic E-state index is 11.3. The molecule has 1 amide bonds. The van der Waals surface area contributed by atoms with Crippen molar-refractivity contribution in [2.45, 2.75) is 19.4 Å². The number of rotatable bonds is 9. The third kappa shape index (κ3) is 5.36. The zero-order chi connectivity index (χ0) is 20.9. The van der Waals surface area contributed by atoms with Crippen LogP contribution < -0.4 is 15.4 Å². The van der Waals surface area contributed by atoms with Gasteiger partial charge in [0.25, 0.3) is 0 Å². The van der Waals surface area contributed by atoms with E-state index in [-0.39, 0.29) is 5.91 Å². The zero-order valence-electron chi connectivity index (χ0n) is 16.2. The van der Waals surface area contributed by atoms with Crippen LogP contribution in [0.5, 0.6) is 5.88 Å². The number of halogens is 1. The first-order valence-corrected chi connectivity index (χ1v) is 9.94. The van der Waals surface area contributed by atoms with Crippen molar-refractivity contribution in [3.8, 4) is 5.88 Å². The predicted molar refractivity (Wildman–Crippen MR) is 115 cm³/mol. The fourth-order valence-electron chi connectivity index (χ4n) is 2.71. The zero-order valence-corrected chi connectivity index (χ0v) is 17.0. The Labute approximate surface area is 178 Å². The fourth-order valence-corrected chi connectivity index (χ4v) is 2.86. The van der Waals surface area contributed by atoms with E-state index in [1.807, 2.05) is 30.5 Å². The minimum atomic E-state index is -0.240. The Bertz CT molecular complexity index is 1050. The molecule has 30 heavy (non-hydrogen) atoms. The van der Waals surface area contributed by atoms with E-state index in [9.17, 15) is 4.79 Å². The third-order valence-corrected chi connectivity index (χ3v) is 4.76. The Hall–Kier alpha value is -3.39. The minimum Gasteiger partial charge on any atom is -0.476 e. The van der Waals surface area contributed by atoms with Crippen molar-refractivity contribution >= 4 is 34.8 Å². The Morgan fingerprint density at radius 3 is 2.80 bits per heavy atom. The van der Waals surface area contributed by atoms with Gasteiger partial charge in [0.1, 0.15) is 5.02 Å². The van der Waals surface area contributed by atoms with E-state index in [2.05, 4.69) is 32.3 Å². The van der Waals surface area contributed by atoms with Gasteiger partial charge in [-0.3, -0.25) is 9.48 Å². The van der Waals surface area contributed by atoms with Crippen LogP contribution in [0.4, 0.5) is 17.3 Å². The minimum absolute atomic E-state index is 0.240. The summed E-state index contributed by atoms with van der Waals surface area (Å²) in [4.78, 5) is 19.9. The van der Waals surface area contributed by atoms with Crippen LogP contribution in [-0.4, -0.2) is 32.3 Å². The number of nitrogens with zero attached hydrogens (tertiary/aromatic N) is 4. The van der Waals surface area contributed by atoms with E-state index in [1.54, 1.807) is 10.9 Å². The van der Waals surface area contributed by atoms with Gasteiger partial charge in [-0.25, -0.2) is 4.98 Å². The van der Waals surface area contributed by atoms with Gasteiger partial charge in [-0.2, -0.15) is 10.1 Å². The number of carbonyl (C=O) groups is 1. The molecule has 2 heterocycles. The molecule has 1 aromatic carbocycles. The molecule has 8 nitrogen and oxygen atoms in total. The summed E-state index contributed by atoms with van der Waals surface area (Å²) in [6, 6.07) is 7.53. The molecule has 4 rings (SSSR count). The molecule has 3 aromatic rings. The molecule has 0 saturated heterocycles. The average molecular weight is 425 g/mol. The van der Waals surface area contributed by atoms with Crippen LogP contribution in [0, 0.1) is 5.92 Å². The number of ether oxygens (including phenoxy) is 1. The Morgan fingerprint density at radius 2 is 2.07 bits per heavy atom. The van der Waals surface area contributed by atoms with E-state index >= 15 is 0 Å². The van der Waals surface area contributed by atoms with Crippen molar-refractivity contribution in [3.05, 3.63) is 66.1 Å². The number of benzene rings is 1. The summed E-state index contributed by atoms with van der Waals surface area (Å²) in [7, 11) is 0. The molecule has 1 aliphatic carbocycles. The highest BCUT2D eigenvalue weighted by molar-refractivity contribution is 6.31. The van der Waals surface area contributed by atoms with Crippen LogP contribution in [0.15, 0.2) is 55.5 Å². The van der Waals surface area contributed by atoms with Crippen LogP contribution in [0.25, 0.3) is 0 Å². The molecule has 0 spiro atoms. The molecular formula is C21H21ClN6O2. The van der Waals surface area contributed by atoms with Crippen LogP contribution in [0.3, 0.4) is 0 Å². The van der Waals surface area contributed by atoms with Gasteiger partial charge < -0.3 is 15.4 Å². The van der Waals surface area contributed by atoms with Crippen molar-refractivity contribution in [3.63, 3.8) is 0 Å². The van der Waals surface area contributed by atoms with E-state index in [4.69, 9.17) is 16.3 Å². The Kier molecular flexibility index (Phi) is 5.94. The van der Waals surface area contributed by atoms with Gasteiger partial charge in [0.2, 0.25) is 17.7 Å². The number of nitrogens with one attached hydrogen (secondary N) is 2. The van der Waals surface area contributed by atoms with Crippen molar-refractivity contribution in [2.24, 2.45) is 5.92 Å². The highest BCUT2D eigenvalue weighted by atomic mass is 35.5. The third-order valence-electron chi connectivity index (χ3n) is 4.51. The van der Waals surface area contributed by atoms with Crippen LogP contribution >= 0.6 is 11.6 Å². The topological polar surface area (TPSA) is 94.0 Å². The summed E-state index contributed by atoms with van der Waals surface area (Å²) in [5.74, 6) is 1.15. The molecule has 1 fully saturated rings. The maximum atomic E-state index is 11.3. The molecule has 0 aliphatic heterocycles. The summed E-state index contributed by atoms with van der Waals surface area (Å²) >= 11 is 6.12. The average Bonchev–Trinajstić information content (AvgIpc) is 3.48. The molecule has 2 N–H and O–H groups in total. The number of hydrogen-bond donors (Lipinski definition) is 2. The van der Waals surface area contributed by atoms with Crippen molar-refractivity contribution in [2.75, 3.05) is 17.2 Å². The van der Waals surface area contributed by atoms with Gasteiger partial charge in [0.05, 0.1) is 31.2 Å². The van der Waals surface area contributed by atoms with E-state index in [0.717, 1.165) is 11.3 Å². The van der Waals surface area contributed by atoms with Gasteiger partial charge in [-0.05, 0) is 42.5 Å². The monoisotopic (exact) mass is 424 g/mol. The van der Waals surface area contributed by atoms with Gasteiger partial charge in [0, 0.05) is 11.9 Å². The van der Waals surface area contributed by atoms with Crippen LogP contribution in [0.2, 0.25) is 5.02 Å². The van der Waals surface area contributed by atoms with Gasteiger partial charge >= 0.3 is 0 Å². The summed E-state index contributed by atoms with van der Waals surface area (Å²) in [5.41, 5.74) is 2.51. The van der Waals surface area contributed by atoms with E-state index in [1.165, 1.54) is 25.1 Å². The predicted octanol–water partition coefficient (Wildman–Crippen LogP) is 4.03. The number of anilines is 3. The first-order chi connectivity index (χ1) is 14.6. The molecule has 2 aromatic heterocycles. The molecular weight excluding hydrogens is 404 g/mol. The Morgan fingerprint density at radius 1 is 1.27 bits per heavy atom. The first kappa shape index (κ1) is 19.9. The normalized spacial score (nSPS) is 13.0. The molecule has 0 bridgehead atoms. The molecule has 9 heteroatoms. The first-order valence-electron chi connectivity index (χ1n) is 9.56. The largest absolute Gasteiger partial charge is 0.476 e. The molecule has 0 atom stereocenters. The molecule has 154 valence electrons. The molecule has 1 saturated carbocycles. The van der Waals surface area contributed by atoms with E-state index in [0.29, 0.717) is 41.6 Å². The number of amides is 1. The SMILES string of the molecule is C=CC(=O)Nc1ccc(Cn2cc(Nc3ncc(Cl)c(OCC4CC4)n3)cn2)cc1. The van der Waals surface area contributed by atoms with Gasteiger partial charge in [0.15, 0.2) is 0 Å². The molecule has 0 unspecified atom stereocenters. The maximum Gasteiger partial charge on any atom is 0.247 e. The number of aromatic nitrogens is 4. The lowest BCUT2D eigenvalue weighted by molar-refractivity contribution is -0.111. The van der Waals surface area contributed by atoms with Gasteiger partial charge in [-0.1, -0.05) is 30.3 Å². The lowest BCUT2D eigenvalue weighted by Gasteiger charge is -2.08. The lowest BCUT2D eigenvalue weighted by atomic mass is 10.2. The fraction of sp³-hybridized carbons (Fsp3) is 0.238. The van der Waals surface area contributed by atoms with Gasteiger partial charge in [-0.15, -0.1) is 0 Å². The highest BCUT2D eigenvalue weighted by Crippen LogP contribution is 2.31. The smallest absolute Gasteiger partial charge is 0.247 e. The lowest BCUT2D eigenvalue weighted by Crippen LogP contribution is -2.07. The summed E-state index contributed by atoms with van der Waals surface area (Å²) in [5, 5.41) is 10.6. The van der Waals surface area contributed by atoms with Crippen molar-refractivity contribution < 1.29 is 9.53 Å². The number of carbonyl (C=O) groups excluding carboxylic acids is 1. The Balaban J connectivity index is 1.36. The summed E-state index contributed by atoms with van der Waals surface area (Å²) < 4.78 is 7.48. The van der Waals surface area contributed by atoms with E-state index < -0.39 is 0 Å². The quantitative estimate of drug-likeness (QED) is 0.503. The summed E-state index contributed by atoms with van der Waals surface area (Å²) in [6.45, 7) is 4.65. The second-order valence-corrected chi connectivity index (χ2v) is 7.45. The molecule has 1 aliphatic rings. The second kappa shape index (κ2) is 8.96. The molecule has 0 radical (unpaired) electrons. The standard InChI is InChI=1S/C21H21ClN6O2/c1-2-19(29)25-16-7-5-14(6-8-16)11-28-12-17(9-24-28)26-21-23-10-18(22)20(27-21)30-13-15-3-4-15/h2,5-10,12,15H,1,3-4,11,13H2,(H,25,29)(H,23,26,27). The second-order valence-electron chi connectivity index (χ2n) is 7.04. The van der Waals surface area contributed by atoms with Crippen LogP contribution in [-0.2, 0) is 11.3 Å². The van der Waals surface area contributed by atoms with Crippen LogP contribution in [0.1, 0.15) is 18.4 Å². The van der Waals surface area contributed by atoms with Crippen molar-refractivity contribution in [1.82, 2.24) is 19.7 Å².